The highest BCUT2D eigenvalue weighted by molar-refractivity contribution is 5.49. The molecule has 0 saturated carbocycles. The summed E-state index contributed by atoms with van der Waals surface area (Å²) in [7, 11) is 3.35. The van der Waals surface area contributed by atoms with Gasteiger partial charge in [-0.15, -0.1) is 0 Å². The van der Waals surface area contributed by atoms with Gasteiger partial charge in [-0.2, -0.15) is 0 Å². The third kappa shape index (κ3) is 4.61. The third-order valence-electron chi connectivity index (χ3n) is 3.75. The van der Waals surface area contributed by atoms with E-state index in [1.54, 1.807) is 14.2 Å². The minimum Gasteiger partial charge on any atom is -0.496 e. The van der Waals surface area contributed by atoms with E-state index in [0.717, 1.165) is 23.5 Å². The summed E-state index contributed by atoms with van der Waals surface area (Å²) >= 11 is 0. The Balaban J connectivity index is 3.12. The highest BCUT2D eigenvalue weighted by Crippen LogP contribution is 2.35. The molecule has 4 heteroatoms. The molecule has 0 aromatic heterocycles. The SMILES string of the molecule is CCC(CO)NCc1c(OC)cc(C(C)(C)C)cc1OC. The molecule has 1 rings (SSSR count). The van der Waals surface area contributed by atoms with Crippen LogP contribution in [0.1, 0.15) is 45.2 Å². The van der Waals surface area contributed by atoms with Crippen molar-refractivity contribution >= 4 is 0 Å². The Labute approximate surface area is 128 Å². The summed E-state index contributed by atoms with van der Waals surface area (Å²) in [6, 6.07) is 4.22. The van der Waals surface area contributed by atoms with E-state index in [1.165, 1.54) is 5.56 Å². The molecule has 1 aromatic carbocycles. The van der Waals surface area contributed by atoms with Crippen molar-refractivity contribution < 1.29 is 14.6 Å². The summed E-state index contributed by atoms with van der Waals surface area (Å²) in [6.45, 7) is 9.27. The fourth-order valence-electron chi connectivity index (χ4n) is 2.18. The average Bonchev–Trinajstić information content (AvgIpc) is 2.46. The Morgan fingerprint density at radius 2 is 1.67 bits per heavy atom. The lowest BCUT2D eigenvalue weighted by Gasteiger charge is -2.24. The molecular formula is C17H29NO3. The first kappa shape index (κ1) is 17.8. The fraction of sp³-hybridized carbons (Fsp3) is 0.647. The summed E-state index contributed by atoms with van der Waals surface area (Å²) in [5.41, 5.74) is 2.19. The maximum atomic E-state index is 9.28. The van der Waals surface area contributed by atoms with E-state index >= 15 is 0 Å². The van der Waals surface area contributed by atoms with Crippen LogP contribution in [0.2, 0.25) is 0 Å². The molecule has 21 heavy (non-hydrogen) atoms. The van der Waals surface area contributed by atoms with Crippen LogP contribution in [-0.4, -0.2) is 32.0 Å². The van der Waals surface area contributed by atoms with E-state index < -0.39 is 0 Å². The molecule has 0 aliphatic heterocycles. The van der Waals surface area contributed by atoms with E-state index in [9.17, 15) is 5.11 Å². The summed E-state index contributed by atoms with van der Waals surface area (Å²) in [6.07, 6.45) is 0.876. The van der Waals surface area contributed by atoms with Crippen LogP contribution in [0.4, 0.5) is 0 Å². The molecule has 0 saturated heterocycles. The molecule has 0 aliphatic rings. The van der Waals surface area contributed by atoms with Crippen LogP contribution in [0.25, 0.3) is 0 Å². The van der Waals surface area contributed by atoms with Crippen LogP contribution in [-0.2, 0) is 12.0 Å². The standard InChI is InChI=1S/C17H29NO3/c1-7-13(11-19)18-10-14-15(20-5)8-12(17(2,3)4)9-16(14)21-6/h8-9,13,18-19H,7,10-11H2,1-6H3. The molecule has 1 aromatic rings. The smallest absolute Gasteiger partial charge is 0.127 e. The first-order valence-electron chi connectivity index (χ1n) is 7.47. The van der Waals surface area contributed by atoms with E-state index in [0.29, 0.717) is 6.54 Å². The number of hydrogen-bond donors (Lipinski definition) is 2. The van der Waals surface area contributed by atoms with E-state index in [-0.39, 0.29) is 18.1 Å². The van der Waals surface area contributed by atoms with Crippen LogP contribution in [0.5, 0.6) is 11.5 Å². The quantitative estimate of drug-likeness (QED) is 0.812. The number of benzene rings is 1. The van der Waals surface area contributed by atoms with Gasteiger partial charge in [0, 0.05) is 18.2 Å². The Hall–Kier alpha value is -1.26. The molecule has 0 bridgehead atoms. The molecule has 1 unspecified atom stereocenters. The topological polar surface area (TPSA) is 50.7 Å². The maximum absolute atomic E-state index is 9.28. The Bertz CT molecular complexity index is 423. The molecule has 1 atom stereocenters. The van der Waals surface area contributed by atoms with Crippen molar-refractivity contribution in [3.63, 3.8) is 0 Å². The molecule has 0 radical (unpaired) electrons. The van der Waals surface area contributed by atoms with Crippen molar-refractivity contribution in [2.75, 3.05) is 20.8 Å². The van der Waals surface area contributed by atoms with Crippen molar-refractivity contribution in [2.24, 2.45) is 0 Å². The van der Waals surface area contributed by atoms with Crippen LogP contribution in [0.15, 0.2) is 12.1 Å². The number of ether oxygens (including phenoxy) is 2. The first-order valence-corrected chi connectivity index (χ1v) is 7.47. The summed E-state index contributed by atoms with van der Waals surface area (Å²) in [5, 5.41) is 12.6. The monoisotopic (exact) mass is 295 g/mol. The Morgan fingerprint density at radius 3 is 2.00 bits per heavy atom. The first-order chi connectivity index (χ1) is 9.87. The lowest BCUT2D eigenvalue weighted by Crippen LogP contribution is -2.31. The van der Waals surface area contributed by atoms with Crippen molar-refractivity contribution in [3.8, 4) is 11.5 Å². The van der Waals surface area contributed by atoms with Gasteiger partial charge in [-0.3, -0.25) is 0 Å². The normalized spacial score (nSPS) is 13.1. The van der Waals surface area contributed by atoms with E-state index in [4.69, 9.17) is 9.47 Å². The number of nitrogens with one attached hydrogen (secondary N) is 1. The second kappa shape index (κ2) is 7.66. The van der Waals surface area contributed by atoms with Gasteiger partial charge in [0.05, 0.1) is 20.8 Å². The Morgan fingerprint density at radius 1 is 1.14 bits per heavy atom. The molecule has 4 nitrogen and oxygen atoms in total. The zero-order chi connectivity index (χ0) is 16.0. The Kier molecular flexibility index (Phi) is 6.49. The minimum absolute atomic E-state index is 0.0313. The van der Waals surface area contributed by atoms with Gasteiger partial charge < -0.3 is 19.9 Å². The summed E-state index contributed by atoms with van der Waals surface area (Å²) in [5.74, 6) is 1.64. The van der Waals surface area contributed by atoms with Gasteiger partial charge in [0.1, 0.15) is 11.5 Å². The molecular weight excluding hydrogens is 266 g/mol. The summed E-state index contributed by atoms with van der Waals surface area (Å²) in [4.78, 5) is 0. The molecule has 0 aliphatic carbocycles. The van der Waals surface area contributed by atoms with Gasteiger partial charge >= 0.3 is 0 Å². The van der Waals surface area contributed by atoms with Gasteiger partial charge in [-0.1, -0.05) is 27.7 Å². The molecule has 0 spiro atoms. The molecule has 2 N–H and O–H groups in total. The van der Waals surface area contributed by atoms with Crippen LogP contribution in [0.3, 0.4) is 0 Å². The molecule has 0 heterocycles. The molecule has 120 valence electrons. The highest BCUT2D eigenvalue weighted by Gasteiger charge is 2.20. The number of methoxy groups -OCH3 is 2. The van der Waals surface area contributed by atoms with Crippen LogP contribution >= 0.6 is 0 Å². The molecule has 0 fully saturated rings. The van der Waals surface area contributed by atoms with Crippen LogP contribution in [0, 0.1) is 0 Å². The van der Waals surface area contributed by atoms with Gasteiger partial charge in [0.15, 0.2) is 0 Å². The lowest BCUT2D eigenvalue weighted by molar-refractivity contribution is 0.237. The number of aliphatic hydroxyl groups is 1. The number of hydrogen-bond acceptors (Lipinski definition) is 4. The third-order valence-corrected chi connectivity index (χ3v) is 3.75. The fourth-order valence-corrected chi connectivity index (χ4v) is 2.18. The highest BCUT2D eigenvalue weighted by atomic mass is 16.5. The van der Waals surface area contributed by atoms with Crippen molar-refractivity contribution in [1.29, 1.82) is 0 Å². The zero-order valence-corrected chi connectivity index (χ0v) is 14.1. The lowest BCUT2D eigenvalue weighted by atomic mass is 9.86. The molecule has 0 amide bonds. The van der Waals surface area contributed by atoms with Crippen LogP contribution < -0.4 is 14.8 Å². The predicted molar refractivity (Wildman–Crippen MR) is 86.3 cm³/mol. The van der Waals surface area contributed by atoms with E-state index in [1.807, 2.05) is 6.92 Å². The van der Waals surface area contributed by atoms with E-state index in [2.05, 4.69) is 38.2 Å². The van der Waals surface area contributed by atoms with Crippen molar-refractivity contribution in [3.05, 3.63) is 23.3 Å². The minimum atomic E-state index is 0.0313. The summed E-state index contributed by atoms with van der Waals surface area (Å²) < 4.78 is 11.1. The largest absolute Gasteiger partial charge is 0.496 e. The zero-order valence-electron chi connectivity index (χ0n) is 14.1. The number of aliphatic hydroxyl groups excluding tert-OH is 1. The second-order valence-electron chi connectivity index (χ2n) is 6.28. The average molecular weight is 295 g/mol. The second-order valence-corrected chi connectivity index (χ2v) is 6.28. The number of rotatable bonds is 7. The predicted octanol–water partition coefficient (Wildman–Crippen LogP) is 2.86. The van der Waals surface area contributed by atoms with Gasteiger partial charge in [-0.05, 0) is 29.5 Å². The van der Waals surface area contributed by atoms with Gasteiger partial charge in [0.2, 0.25) is 0 Å². The maximum Gasteiger partial charge on any atom is 0.127 e. The van der Waals surface area contributed by atoms with Crippen molar-refractivity contribution in [1.82, 2.24) is 5.32 Å². The van der Waals surface area contributed by atoms with Crippen molar-refractivity contribution in [2.45, 2.75) is 52.1 Å². The van der Waals surface area contributed by atoms with Gasteiger partial charge in [-0.25, -0.2) is 0 Å². The van der Waals surface area contributed by atoms with Gasteiger partial charge in [0.25, 0.3) is 0 Å².